The van der Waals surface area contributed by atoms with Gasteiger partial charge >= 0.3 is 6.85 Å². The lowest BCUT2D eigenvalue weighted by atomic mass is 9.57. The molecular weight excluding hydrogens is 467 g/mol. The van der Waals surface area contributed by atoms with Gasteiger partial charge in [-0.05, 0) is 54.3 Å². The third kappa shape index (κ3) is 3.96. The van der Waals surface area contributed by atoms with Gasteiger partial charge in [0.15, 0.2) is 5.42 Å². The molecule has 0 saturated heterocycles. The van der Waals surface area contributed by atoms with Gasteiger partial charge in [0.05, 0.1) is 7.05 Å². The van der Waals surface area contributed by atoms with Gasteiger partial charge in [0.1, 0.15) is 18.1 Å². The number of hydrogen-bond acceptors (Lipinski definition) is 3. The number of aryl methyl sites for hydroxylation is 1. The van der Waals surface area contributed by atoms with Gasteiger partial charge in [0.2, 0.25) is 11.4 Å². The highest BCUT2D eigenvalue weighted by Crippen LogP contribution is 2.35. The maximum atomic E-state index is 6.07. The molecule has 0 fully saturated rings. The Morgan fingerprint density at radius 2 is 1.63 bits per heavy atom. The smallest absolute Gasteiger partial charge is 0.421 e. The summed E-state index contributed by atoms with van der Waals surface area (Å²) >= 11 is 0. The Morgan fingerprint density at radius 1 is 0.921 bits per heavy atom. The van der Waals surface area contributed by atoms with Crippen molar-refractivity contribution in [2.24, 2.45) is 7.05 Å². The molecule has 2 aromatic carbocycles. The molecule has 6 heteroatoms. The number of aromatic nitrogens is 3. The summed E-state index contributed by atoms with van der Waals surface area (Å²) in [5, 5.41) is 2.16. The zero-order valence-electron chi connectivity index (χ0n) is 23.0. The predicted molar refractivity (Wildman–Crippen MR) is 156 cm³/mol. The van der Waals surface area contributed by atoms with Gasteiger partial charge in [-0.1, -0.05) is 64.0 Å². The van der Waals surface area contributed by atoms with E-state index in [-0.39, 0.29) is 6.85 Å². The summed E-state index contributed by atoms with van der Waals surface area (Å²) in [6.07, 6.45) is 8.27. The fraction of sp³-hybridized carbons (Fsp3) is 0.250. The Bertz CT molecular complexity index is 1740. The van der Waals surface area contributed by atoms with Crippen molar-refractivity contribution in [2.45, 2.75) is 39.5 Å². The van der Waals surface area contributed by atoms with E-state index in [0.717, 1.165) is 16.0 Å². The van der Waals surface area contributed by atoms with Gasteiger partial charge in [-0.3, -0.25) is 0 Å². The zero-order valence-corrected chi connectivity index (χ0v) is 23.0. The number of rotatable bonds is 5. The SMILES string of the molecule is CC(C)c1cc(-c2ccccc2)cc(C(C)C)c1-n1cc[n+](C)c1B1C=c2c(oc3ncccc23)=CN1C. The van der Waals surface area contributed by atoms with Gasteiger partial charge < -0.3 is 9.23 Å². The number of benzene rings is 2. The maximum Gasteiger partial charge on any atom is 0.421 e. The average Bonchev–Trinajstić information content (AvgIpc) is 3.47. The Balaban J connectivity index is 1.59. The molecule has 3 aromatic heterocycles. The highest BCUT2D eigenvalue weighted by atomic mass is 16.3. The molecule has 0 radical (unpaired) electrons. The molecule has 0 N–H and O–H groups in total. The Morgan fingerprint density at radius 3 is 2.32 bits per heavy atom. The van der Waals surface area contributed by atoms with Gasteiger partial charge in [0.25, 0.3) is 0 Å². The quantitative estimate of drug-likeness (QED) is 0.267. The fourth-order valence-corrected chi connectivity index (χ4v) is 5.70. The van der Waals surface area contributed by atoms with Gasteiger partial charge in [-0.2, -0.15) is 0 Å². The number of hydrogen-bond donors (Lipinski definition) is 0. The Hall–Kier alpha value is -4.06. The highest BCUT2D eigenvalue weighted by Gasteiger charge is 2.37. The van der Waals surface area contributed by atoms with Crippen LogP contribution in [0, 0.1) is 0 Å². The molecule has 0 aliphatic carbocycles. The van der Waals surface area contributed by atoms with Crippen molar-refractivity contribution in [1.82, 2.24) is 14.4 Å². The number of imidazole rings is 1. The molecule has 1 aliphatic rings. The average molecular weight is 501 g/mol. The maximum absolute atomic E-state index is 6.07. The third-order valence-corrected chi connectivity index (χ3v) is 7.69. The monoisotopic (exact) mass is 501 g/mol. The van der Waals surface area contributed by atoms with Gasteiger partial charge in [-0.15, -0.1) is 0 Å². The molecule has 4 heterocycles. The van der Waals surface area contributed by atoms with Crippen molar-refractivity contribution < 1.29 is 8.98 Å². The summed E-state index contributed by atoms with van der Waals surface area (Å²) < 4.78 is 10.7. The van der Waals surface area contributed by atoms with Crippen LogP contribution in [0.2, 0.25) is 0 Å². The Labute approximate surface area is 224 Å². The van der Waals surface area contributed by atoms with Crippen LogP contribution in [0.1, 0.15) is 50.7 Å². The molecule has 5 nitrogen and oxygen atoms in total. The second-order valence-electron chi connectivity index (χ2n) is 11.0. The minimum Gasteiger partial charge on any atom is -0.436 e. The summed E-state index contributed by atoms with van der Waals surface area (Å²) in [6, 6.07) is 19.6. The lowest BCUT2D eigenvalue weighted by Gasteiger charge is -2.23. The van der Waals surface area contributed by atoms with E-state index < -0.39 is 0 Å². The molecule has 190 valence electrons. The van der Waals surface area contributed by atoms with Crippen LogP contribution in [-0.2, 0) is 7.05 Å². The largest absolute Gasteiger partial charge is 0.436 e. The van der Waals surface area contributed by atoms with Gasteiger partial charge in [-0.25, -0.2) is 14.1 Å². The van der Waals surface area contributed by atoms with E-state index in [1.165, 1.54) is 33.7 Å². The molecular formula is C32H34BN4O+. The summed E-state index contributed by atoms with van der Waals surface area (Å²) in [4.78, 5) is 6.68. The van der Waals surface area contributed by atoms with Crippen molar-refractivity contribution >= 4 is 35.8 Å². The second kappa shape index (κ2) is 9.36. The molecule has 0 spiro atoms. The van der Waals surface area contributed by atoms with Crippen LogP contribution < -0.4 is 20.9 Å². The predicted octanol–water partition coefficient (Wildman–Crippen LogP) is 4.26. The van der Waals surface area contributed by atoms with Crippen molar-refractivity contribution in [3.05, 3.63) is 94.9 Å². The van der Waals surface area contributed by atoms with E-state index in [4.69, 9.17) is 4.42 Å². The fourth-order valence-electron chi connectivity index (χ4n) is 5.70. The Kier molecular flexibility index (Phi) is 5.98. The molecule has 1 aliphatic heterocycles. The van der Waals surface area contributed by atoms with Crippen molar-refractivity contribution in [3.8, 4) is 16.8 Å². The minimum absolute atomic E-state index is 0.0253. The molecule has 38 heavy (non-hydrogen) atoms. The minimum atomic E-state index is 0.0253. The number of furan rings is 1. The van der Waals surface area contributed by atoms with Crippen LogP contribution in [0.5, 0.6) is 0 Å². The van der Waals surface area contributed by atoms with E-state index in [1.807, 2.05) is 6.07 Å². The molecule has 0 bridgehead atoms. The van der Waals surface area contributed by atoms with E-state index in [2.05, 4.69) is 134 Å². The van der Waals surface area contributed by atoms with Crippen molar-refractivity contribution in [2.75, 3.05) is 7.05 Å². The number of nitrogens with zero attached hydrogens (tertiary/aromatic N) is 4. The van der Waals surface area contributed by atoms with E-state index in [9.17, 15) is 0 Å². The third-order valence-electron chi connectivity index (χ3n) is 7.69. The topological polar surface area (TPSA) is 38.1 Å². The number of pyridine rings is 1. The molecule has 5 aromatic rings. The summed E-state index contributed by atoms with van der Waals surface area (Å²) in [5.41, 5.74) is 9.26. The zero-order chi connectivity index (χ0) is 26.6. The standard InChI is InChI=1S/C32H34BN4O/c1-21(2)26-17-24(23-11-8-7-9-12-23)18-27(22(3)4)30(26)37-16-15-35(5)32(37)33-19-28-25-13-10-14-34-31(25)38-29(28)20-36(33)6/h7-22H,1-6H3/q+1. The van der Waals surface area contributed by atoms with Crippen molar-refractivity contribution in [3.63, 3.8) is 0 Å². The van der Waals surface area contributed by atoms with Crippen LogP contribution in [0.15, 0.2) is 77.6 Å². The first-order valence-corrected chi connectivity index (χ1v) is 13.4. The summed E-state index contributed by atoms with van der Waals surface area (Å²) in [6.45, 7) is 9.21. The molecule has 0 amide bonds. The van der Waals surface area contributed by atoms with Crippen LogP contribution in [0.4, 0.5) is 0 Å². The van der Waals surface area contributed by atoms with Gasteiger partial charge in [0, 0.05) is 34.1 Å². The van der Waals surface area contributed by atoms with Crippen LogP contribution in [-0.4, -0.2) is 28.3 Å². The first-order valence-electron chi connectivity index (χ1n) is 13.4. The normalized spacial score (nSPS) is 13.3. The molecule has 6 rings (SSSR count). The van der Waals surface area contributed by atoms with Crippen LogP contribution >= 0.6 is 0 Å². The lowest BCUT2D eigenvalue weighted by molar-refractivity contribution is -0.653. The number of fused-ring (bicyclic) bond motifs is 3. The summed E-state index contributed by atoms with van der Waals surface area (Å²) in [5.74, 6) is 3.04. The second-order valence-corrected chi connectivity index (χ2v) is 11.0. The van der Waals surface area contributed by atoms with E-state index >= 15 is 0 Å². The van der Waals surface area contributed by atoms with E-state index in [0.29, 0.717) is 17.5 Å². The molecule has 0 unspecified atom stereocenters. The van der Waals surface area contributed by atoms with Crippen LogP contribution in [0.25, 0.3) is 40.1 Å². The van der Waals surface area contributed by atoms with Crippen LogP contribution in [0.3, 0.4) is 0 Å². The lowest BCUT2D eigenvalue weighted by Crippen LogP contribution is -2.62. The molecule has 0 atom stereocenters. The first kappa shape index (κ1) is 24.3. The highest BCUT2D eigenvalue weighted by molar-refractivity contribution is 6.82. The van der Waals surface area contributed by atoms with Crippen molar-refractivity contribution in [1.29, 1.82) is 0 Å². The molecule has 0 saturated carbocycles. The summed E-state index contributed by atoms with van der Waals surface area (Å²) in [7, 11) is 4.26. The first-order chi connectivity index (χ1) is 18.3. The van der Waals surface area contributed by atoms with E-state index in [1.54, 1.807) is 6.20 Å².